The van der Waals surface area contributed by atoms with E-state index in [9.17, 15) is 26.3 Å². The number of ether oxygens (including phenoxy) is 1. The summed E-state index contributed by atoms with van der Waals surface area (Å²) in [5.74, 6) is 4.32. The third-order valence-corrected chi connectivity index (χ3v) is 5.28. The number of halogens is 6. The minimum atomic E-state index is -5.81. The quantitative estimate of drug-likeness (QED) is 0.756. The van der Waals surface area contributed by atoms with E-state index in [0.29, 0.717) is 0 Å². The van der Waals surface area contributed by atoms with Gasteiger partial charge in [-0.2, -0.15) is 26.3 Å². The molecule has 0 aromatic rings. The molecule has 2 fully saturated rings. The number of alkyl halides is 6. The van der Waals surface area contributed by atoms with Crippen LogP contribution in [0, 0.1) is 23.7 Å². The highest BCUT2D eigenvalue weighted by Crippen LogP contribution is 2.51. The van der Waals surface area contributed by atoms with Gasteiger partial charge in [0.25, 0.3) is 5.60 Å². The van der Waals surface area contributed by atoms with Gasteiger partial charge < -0.3 is 9.84 Å². The second-order valence-corrected chi connectivity index (χ2v) is 6.54. The topological polar surface area (TPSA) is 29.5 Å². The van der Waals surface area contributed by atoms with Crippen molar-refractivity contribution in [3.63, 3.8) is 0 Å². The SMILES string of the molecule is CC1C(C)[C@H]2CC[C@@H]1C2.CCOCC(O)(C(F)(F)F)C(F)(F)F. The van der Waals surface area contributed by atoms with Gasteiger partial charge in [-0.3, -0.25) is 0 Å². The van der Waals surface area contributed by atoms with Crippen molar-refractivity contribution in [2.75, 3.05) is 13.2 Å². The third kappa shape index (κ3) is 4.32. The second kappa shape index (κ2) is 7.17. The Hall–Kier alpha value is -0.500. The normalized spacial score (nSPS) is 31.0. The largest absolute Gasteiger partial charge is 0.428 e. The van der Waals surface area contributed by atoms with Crippen molar-refractivity contribution in [3.05, 3.63) is 0 Å². The number of hydrogen-bond donors (Lipinski definition) is 1. The smallest absolute Gasteiger partial charge is 0.378 e. The summed E-state index contributed by atoms with van der Waals surface area (Å²) >= 11 is 0. The van der Waals surface area contributed by atoms with Crippen molar-refractivity contribution < 1.29 is 36.2 Å². The van der Waals surface area contributed by atoms with Gasteiger partial charge in [0.2, 0.25) is 0 Å². The summed E-state index contributed by atoms with van der Waals surface area (Å²) in [5, 5.41) is 8.44. The molecule has 2 aliphatic rings. The second-order valence-electron chi connectivity index (χ2n) is 6.54. The van der Waals surface area contributed by atoms with Crippen LogP contribution in [0.15, 0.2) is 0 Å². The predicted octanol–water partition coefficient (Wildman–Crippen LogP) is 4.57. The Kier molecular flexibility index (Phi) is 6.40. The lowest BCUT2D eigenvalue weighted by Gasteiger charge is -2.31. The van der Waals surface area contributed by atoms with Crippen molar-refractivity contribution in [2.24, 2.45) is 23.7 Å². The molecule has 0 radical (unpaired) electrons. The molecule has 2 rings (SSSR count). The van der Waals surface area contributed by atoms with E-state index in [1.165, 1.54) is 19.8 Å². The highest BCUT2D eigenvalue weighted by molar-refractivity contribution is 4.94. The minimum Gasteiger partial charge on any atom is -0.378 e. The van der Waals surface area contributed by atoms with Crippen LogP contribution in [0.5, 0.6) is 0 Å². The number of hydrogen-bond acceptors (Lipinski definition) is 2. The van der Waals surface area contributed by atoms with Crippen LogP contribution >= 0.6 is 0 Å². The molecule has 0 aromatic heterocycles. The molecular formula is C15H24F6O2. The first-order chi connectivity index (χ1) is 10.3. The molecule has 0 aliphatic heterocycles. The van der Waals surface area contributed by atoms with E-state index < -0.39 is 24.6 Å². The summed E-state index contributed by atoms with van der Waals surface area (Å²) in [5.41, 5.74) is -4.80. The molecule has 4 atom stereocenters. The fraction of sp³-hybridized carbons (Fsp3) is 1.00. The lowest BCUT2D eigenvalue weighted by Crippen LogP contribution is -2.59. The zero-order valence-electron chi connectivity index (χ0n) is 13.5. The zero-order valence-corrected chi connectivity index (χ0v) is 13.5. The van der Waals surface area contributed by atoms with Crippen LogP contribution in [0.3, 0.4) is 0 Å². The van der Waals surface area contributed by atoms with Crippen molar-refractivity contribution in [3.8, 4) is 0 Å². The van der Waals surface area contributed by atoms with E-state index >= 15 is 0 Å². The molecule has 1 N–H and O–H groups in total. The van der Waals surface area contributed by atoms with Gasteiger partial charge in [0.1, 0.15) is 0 Å². The maximum Gasteiger partial charge on any atom is 0.428 e. The lowest BCUT2D eigenvalue weighted by atomic mass is 9.82. The molecule has 0 spiro atoms. The summed E-state index contributed by atoms with van der Waals surface area (Å²) in [6.07, 6.45) is -6.98. The molecule has 2 nitrogen and oxygen atoms in total. The fourth-order valence-corrected chi connectivity index (χ4v) is 3.44. The Labute approximate surface area is 132 Å². The standard InChI is InChI=1S/C9H16.C6H8F6O2/c1-6-7(2)9-4-3-8(6)5-9;1-2-14-3-4(13,5(7,8)9)6(10,11)12/h6-9H,3-5H2,1-2H3;13H,2-3H2,1H3/t6?,7?,8-,9+;. The summed E-state index contributed by atoms with van der Waals surface area (Å²) in [7, 11) is 0. The van der Waals surface area contributed by atoms with Gasteiger partial charge in [0.15, 0.2) is 0 Å². The van der Waals surface area contributed by atoms with Crippen molar-refractivity contribution in [2.45, 2.75) is 58.0 Å². The Morgan fingerprint density at radius 2 is 1.30 bits per heavy atom. The van der Waals surface area contributed by atoms with Gasteiger partial charge in [-0.15, -0.1) is 0 Å². The van der Waals surface area contributed by atoms with Gasteiger partial charge in [-0.05, 0) is 49.9 Å². The van der Waals surface area contributed by atoms with Crippen LogP contribution in [0.1, 0.15) is 40.0 Å². The van der Waals surface area contributed by atoms with Crippen LogP contribution in [0.4, 0.5) is 26.3 Å². The molecule has 0 saturated heterocycles. The van der Waals surface area contributed by atoms with Crippen LogP contribution in [0.25, 0.3) is 0 Å². The van der Waals surface area contributed by atoms with Crippen LogP contribution < -0.4 is 0 Å². The summed E-state index contributed by atoms with van der Waals surface area (Å²) in [6.45, 7) is 3.89. The van der Waals surface area contributed by atoms with E-state index in [1.807, 2.05) is 0 Å². The Bertz CT molecular complexity index is 347. The highest BCUT2D eigenvalue weighted by atomic mass is 19.4. The monoisotopic (exact) mass is 350 g/mol. The summed E-state index contributed by atoms with van der Waals surface area (Å²) < 4.78 is 75.2. The van der Waals surface area contributed by atoms with Crippen molar-refractivity contribution >= 4 is 0 Å². The summed E-state index contributed by atoms with van der Waals surface area (Å²) in [4.78, 5) is 0. The third-order valence-electron chi connectivity index (χ3n) is 5.28. The molecule has 138 valence electrons. The first kappa shape index (κ1) is 20.5. The fourth-order valence-electron chi connectivity index (χ4n) is 3.44. The molecule has 2 bridgehead atoms. The van der Waals surface area contributed by atoms with Crippen molar-refractivity contribution in [1.29, 1.82) is 0 Å². The molecule has 8 heteroatoms. The average molecular weight is 350 g/mol. The molecule has 2 aliphatic carbocycles. The molecule has 0 heterocycles. The molecule has 2 unspecified atom stereocenters. The van der Waals surface area contributed by atoms with Crippen LogP contribution in [-0.2, 0) is 4.74 Å². The van der Waals surface area contributed by atoms with E-state index in [1.54, 1.807) is 6.42 Å². The van der Waals surface area contributed by atoms with Gasteiger partial charge in [-0.1, -0.05) is 13.8 Å². The Morgan fingerprint density at radius 3 is 1.52 bits per heavy atom. The average Bonchev–Trinajstić information content (AvgIpc) is 2.98. The maximum atomic E-state index is 11.9. The van der Waals surface area contributed by atoms with Crippen LogP contribution in [-0.4, -0.2) is 36.3 Å². The van der Waals surface area contributed by atoms with Gasteiger partial charge in [-0.25, -0.2) is 0 Å². The van der Waals surface area contributed by atoms with Crippen molar-refractivity contribution in [1.82, 2.24) is 0 Å². The van der Waals surface area contributed by atoms with Gasteiger partial charge >= 0.3 is 12.4 Å². The number of fused-ring (bicyclic) bond motifs is 2. The van der Waals surface area contributed by atoms with Gasteiger partial charge in [0.05, 0.1) is 6.61 Å². The number of rotatable bonds is 3. The molecule has 23 heavy (non-hydrogen) atoms. The molecule has 0 aromatic carbocycles. The van der Waals surface area contributed by atoms with Crippen LogP contribution in [0.2, 0.25) is 0 Å². The predicted molar refractivity (Wildman–Crippen MR) is 72.7 cm³/mol. The minimum absolute atomic E-state index is 0.353. The van der Waals surface area contributed by atoms with E-state index in [4.69, 9.17) is 5.11 Å². The lowest BCUT2D eigenvalue weighted by molar-refractivity contribution is -0.377. The molecule has 2 saturated carbocycles. The van der Waals surface area contributed by atoms with Gasteiger partial charge in [0, 0.05) is 6.61 Å². The highest BCUT2D eigenvalue weighted by Gasteiger charge is 2.70. The number of aliphatic hydroxyl groups is 1. The first-order valence-corrected chi connectivity index (χ1v) is 7.78. The Morgan fingerprint density at radius 1 is 0.913 bits per heavy atom. The summed E-state index contributed by atoms with van der Waals surface area (Å²) in [6, 6.07) is 0. The first-order valence-electron chi connectivity index (χ1n) is 7.78. The molecular weight excluding hydrogens is 326 g/mol. The van der Waals surface area contributed by atoms with E-state index in [-0.39, 0.29) is 6.61 Å². The van der Waals surface area contributed by atoms with E-state index in [2.05, 4.69) is 18.6 Å². The van der Waals surface area contributed by atoms with E-state index in [0.717, 1.165) is 23.7 Å². The Balaban J connectivity index is 0.000000248. The molecule has 0 amide bonds. The maximum absolute atomic E-state index is 11.9. The zero-order chi connectivity index (χ0) is 18.1.